The number of hydrogen-bond donors (Lipinski definition) is 1. The van der Waals surface area contributed by atoms with E-state index < -0.39 is 0 Å². The molecule has 1 atom stereocenters. The van der Waals surface area contributed by atoms with Crippen LogP contribution in [-0.4, -0.2) is 49.0 Å². The van der Waals surface area contributed by atoms with E-state index in [1.54, 1.807) is 0 Å². The van der Waals surface area contributed by atoms with Gasteiger partial charge in [0.2, 0.25) is 0 Å². The quantitative estimate of drug-likeness (QED) is 0.876. The topological polar surface area (TPSA) is 27.6 Å². The van der Waals surface area contributed by atoms with Crippen LogP contribution in [0, 0.1) is 5.41 Å². The predicted molar refractivity (Wildman–Crippen MR) is 94.2 cm³/mol. The van der Waals surface area contributed by atoms with Crippen LogP contribution in [0.3, 0.4) is 0 Å². The lowest BCUT2D eigenvalue weighted by molar-refractivity contribution is 0.249. The summed E-state index contributed by atoms with van der Waals surface area (Å²) in [4.78, 5) is 7.01. The second-order valence-electron chi connectivity index (χ2n) is 6.87. The van der Waals surface area contributed by atoms with Crippen LogP contribution < -0.4 is 5.32 Å². The molecule has 4 heteroatoms. The normalized spacial score (nSPS) is 21.0. The first-order valence-corrected chi connectivity index (χ1v) is 8.56. The largest absolute Gasteiger partial charge is 0.361 e. The minimum absolute atomic E-state index is 0.219. The predicted octanol–water partition coefficient (Wildman–Crippen LogP) is 2.88. The van der Waals surface area contributed by atoms with Gasteiger partial charge in [0, 0.05) is 24.9 Å². The molecule has 1 heterocycles. The fraction of sp³-hybridized carbons (Fsp3) is 0.588. The van der Waals surface area contributed by atoms with E-state index in [0.29, 0.717) is 6.04 Å². The van der Waals surface area contributed by atoms with E-state index in [-0.39, 0.29) is 5.41 Å². The van der Waals surface area contributed by atoms with E-state index in [2.05, 4.69) is 68.5 Å². The highest BCUT2D eigenvalue weighted by atomic mass is 32.2. The van der Waals surface area contributed by atoms with Gasteiger partial charge in [0.1, 0.15) is 0 Å². The molecule has 21 heavy (non-hydrogen) atoms. The van der Waals surface area contributed by atoms with Crippen molar-refractivity contribution in [1.82, 2.24) is 10.2 Å². The van der Waals surface area contributed by atoms with Crippen molar-refractivity contribution in [3.8, 4) is 0 Å². The molecule has 3 nitrogen and oxygen atoms in total. The molecule has 1 N–H and O–H groups in total. The second-order valence-corrected chi connectivity index (χ2v) is 7.87. The number of nitrogens with zero attached hydrogens (tertiary/aromatic N) is 2. The third-order valence-electron chi connectivity index (χ3n) is 3.47. The van der Waals surface area contributed by atoms with Gasteiger partial charge < -0.3 is 10.2 Å². The van der Waals surface area contributed by atoms with Gasteiger partial charge in [0.25, 0.3) is 0 Å². The molecule has 0 bridgehead atoms. The Balaban J connectivity index is 1.83. The molecule has 2 rings (SSSR count). The summed E-state index contributed by atoms with van der Waals surface area (Å²) in [5.41, 5.74) is 1.61. The van der Waals surface area contributed by atoms with Crippen LogP contribution in [0.4, 0.5) is 0 Å². The minimum Gasteiger partial charge on any atom is -0.361 e. The van der Waals surface area contributed by atoms with E-state index in [0.717, 1.165) is 30.4 Å². The molecule has 1 aliphatic rings. The number of hydrogen-bond acceptors (Lipinski definition) is 3. The zero-order chi connectivity index (χ0) is 15.3. The van der Waals surface area contributed by atoms with Crippen molar-refractivity contribution in [3.05, 3.63) is 35.9 Å². The molecule has 0 spiro atoms. The van der Waals surface area contributed by atoms with Crippen LogP contribution in [0.15, 0.2) is 35.3 Å². The van der Waals surface area contributed by atoms with Gasteiger partial charge in [-0.1, -0.05) is 55.9 Å². The lowest BCUT2D eigenvalue weighted by Gasteiger charge is -2.26. The number of rotatable bonds is 6. The van der Waals surface area contributed by atoms with Gasteiger partial charge in [0.05, 0.1) is 0 Å². The number of nitrogens with one attached hydrogen (secondary N) is 1. The van der Waals surface area contributed by atoms with Crippen molar-refractivity contribution in [1.29, 1.82) is 0 Å². The average molecular weight is 305 g/mol. The molecular weight excluding hydrogens is 278 g/mol. The Labute approximate surface area is 133 Å². The summed E-state index contributed by atoms with van der Waals surface area (Å²) in [5.74, 6) is 1.11. The van der Waals surface area contributed by atoms with Crippen molar-refractivity contribution in [2.75, 3.05) is 32.9 Å². The Morgan fingerprint density at radius 2 is 2.00 bits per heavy atom. The highest BCUT2D eigenvalue weighted by molar-refractivity contribution is 8.14. The van der Waals surface area contributed by atoms with E-state index >= 15 is 0 Å². The smallest absolute Gasteiger partial charge is 0.156 e. The number of amidine groups is 1. The van der Waals surface area contributed by atoms with Crippen LogP contribution in [0.2, 0.25) is 0 Å². The van der Waals surface area contributed by atoms with Crippen LogP contribution in [0.5, 0.6) is 0 Å². The molecule has 0 aliphatic carbocycles. The monoisotopic (exact) mass is 305 g/mol. The number of benzene rings is 1. The molecule has 0 radical (unpaired) electrons. The molecule has 1 aromatic rings. The SMILES string of the molecule is CN(C)CC(C)(C)CN=C1NC(Cc2ccccc2)CS1. The van der Waals surface area contributed by atoms with Gasteiger partial charge in [0.15, 0.2) is 5.17 Å². The molecule has 1 saturated heterocycles. The third-order valence-corrected chi connectivity index (χ3v) is 4.56. The van der Waals surface area contributed by atoms with Crippen molar-refractivity contribution < 1.29 is 0 Å². The van der Waals surface area contributed by atoms with E-state index in [1.807, 2.05) is 11.8 Å². The summed E-state index contributed by atoms with van der Waals surface area (Å²) in [6, 6.07) is 11.2. The van der Waals surface area contributed by atoms with Crippen LogP contribution in [0.1, 0.15) is 19.4 Å². The third kappa shape index (κ3) is 5.71. The van der Waals surface area contributed by atoms with Crippen LogP contribution in [0.25, 0.3) is 0 Å². The number of aliphatic imine (C=N–C) groups is 1. The Kier molecular flexibility index (Phi) is 5.71. The first-order valence-electron chi connectivity index (χ1n) is 7.57. The maximum atomic E-state index is 4.78. The van der Waals surface area contributed by atoms with Gasteiger partial charge >= 0.3 is 0 Å². The molecule has 1 unspecified atom stereocenters. The zero-order valence-corrected chi connectivity index (χ0v) is 14.4. The first-order chi connectivity index (χ1) is 9.94. The molecule has 0 aromatic heterocycles. The molecular formula is C17H27N3S. The fourth-order valence-corrected chi connectivity index (χ4v) is 3.70. The van der Waals surface area contributed by atoms with Gasteiger partial charge in [-0.05, 0) is 31.5 Å². The van der Waals surface area contributed by atoms with E-state index in [9.17, 15) is 0 Å². The summed E-state index contributed by atoms with van der Waals surface area (Å²) in [5, 5.41) is 4.68. The highest BCUT2D eigenvalue weighted by Crippen LogP contribution is 2.20. The molecule has 0 amide bonds. The van der Waals surface area contributed by atoms with Gasteiger partial charge in [-0.25, -0.2) is 0 Å². The maximum Gasteiger partial charge on any atom is 0.156 e. The lowest BCUT2D eigenvalue weighted by atomic mass is 9.93. The van der Waals surface area contributed by atoms with Crippen molar-refractivity contribution >= 4 is 16.9 Å². The van der Waals surface area contributed by atoms with Gasteiger partial charge in [-0.2, -0.15) is 0 Å². The Morgan fingerprint density at radius 3 is 2.67 bits per heavy atom. The molecule has 1 aromatic carbocycles. The standard InChI is InChI=1S/C17H27N3S/c1-17(2,13-20(3)4)12-18-16-19-15(11-21-16)10-14-8-6-5-7-9-14/h5-9,15H,10-13H2,1-4H3,(H,18,19). The first kappa shape index (κ1) is 16.4. The van der Waals surface area contributed by atoms with Crippen molar-refractivity contribution in [3.63, 3.8) is 0 Å². The molecule has 1 aliphatic heterocycles. The van der Waals surface area contributed by atoms with E-state index in [4.69, 9.17) is 4.99 Å². The van der Waals surface area contributed by atoms with Gasteiger partial charge in [-0.3, -0.25) is 4.99 Å². The van der Waals surface area contributed by atoms with Crippen LogP contribution >= 0.6 is 11.8 Å². The van der Waals surface area contributed by atoms with E-state index in [1.165, 1.54) is 5.56 Å². The van der Waals surface area contributed by atoms with Crippen LogP contribution in [-0.2, 0) is 6.42 Å². The summed E-state index contributed by atoms with van der Waals surface area (Å²) in [6.07, 6.45) is 1.08. The average Bonchev–Trinajstić information content (AvgIpc) is 2.84. The summed E-state index contributed by atoms with van der Waals surface area (Å²) < 4.78 is 0. The maximum absolute atomic E-state index is 4.78. The van der Waals surface area contributed by atoms with Crippen molar-refractivity contribution in [2.24, 2.45) is 10.4 Å². The second kappa shape index (κ2) is 7.32. The summed E-state index contributed by atoms with van der Waals surface area (Å²) in [7, 11) is 4.24. The lowest BCUT2D eigenvalue weighted by Crippen LogP contribution is -2.33. The Morgan fingerprint density at radius 1 is 1.29 bits per heavy atom. The highest BCUT2D eigenvalue weighted by Gasteiger charge is 2.23. The molecule has 116 valence electrons. The summed E-state index contributed by atoms with van der Waals surface area (Å²) in [6.45, 7) is 6.48. The van der Waals surface area contributed by atoms with Crippen molar-refractivity contribution in [2.45, 2.75) is 26.3 Å². The Bertz CT molecular complexity index is 468. The molecule has 0 saturated carbocycles. The Hall–Kier alpha value is -1.00. The van der Waals surface area contributed by atoms with Gasteiger partial charge in [-0.15, -0.1) is 0 Å². The zero-order valence-electron chi connectivity index (χ0n) is 13.6. The molecule has 1 fully saturated rings. The fourth-order valence-electron chi connectivity index (χ4n) is 2.73. The number of thioether (sulfide) groups is 1. The summed E-state index contributed by atoms with van der Waals surface area (Å²) >= 11 is 1.85. The minimum atomic E-state index is 0.219.